The van der Waals surface area contributed by atoms with Gasteiger partial charge in [-0.25, -0.2) is 4.98 Å². The van der Waals surface area contributed by atoms with E-state index in [9.17, 15) is 0 Å². The van der Waals surface area contributed by atoms with E-state index in [1.165, 1.54) is 0 Å². The summed E-state index contributed by atoms with van der Waals surface area (Å²) in [6.45, 7) is 0.804. The maximum absolute atomic E-state index is 8.58. The second kappa shape index (κ2) is 5.07. The third-order valence-electron chi connectivity index (χ3n) is 1.50. The van der Waals surface area contributed by atoms with Gasteiger partial charge >= 0.3 is 0 Å². The first-order valence-electron chi connectivity index (χ1n) is 4.05. The Balaban J connectivity index is 2.73. The zero-order valence-electron chi connectivity index (χ0n) is 7.49. The summed E-state index contributed by atoms with van der Waals surface area (Å²) in [5, 5.41) is 11.6. The van der Waals surface area contributed by atoms with Crippen molar-refractivity contribution in [3.63, 3.8) is 0 Å². The first-order chi connectivity index (χ1) is 6.36. The van der Waals surface area contributed by atoms with E-state index >= 15 is 0 Å². The first-order valence-corrected chi connectivity index (χ1v) is 4.05. The Morgan fingerprint density at radius 2 is 2.46 bits per heavy atom. The molecule has 1 rings (SSSR count). The smallest absolute Gasteiger partial charge is 0.141 e. The van der Waals surface area contributed by atoms with E-state index in [2.05, 4.69) is 10.3 Å². The Hall–Kier alpha value is -1.66. The van der Waals surface area contributed by atoms with E-state index in [1.807, 2.05) is 37.4 Å². The van der Waals surface area contributed by atoms with Crippen LogP contribution < -0.4 is 5.32 Å². The number of hydrogen-bond donors (Lipinski definition) is 1. The lowest BCUT2D eigenvalue weighted by Crippen LogP contribution is -2.03. The van der Waals surface area contributed by atoms with Gasteiger partial charge in [-0.2, -0.15) is 5.26 Å². The third-order valence-corrected chi connectivity index (χ3v) is 1.50. The predicted molar refractivity (Wildman–Crippen MR) is 51.9 cm³/mol. The number of nitrogens with one attached hydrogen (secondary N) is 1. The van der Waals surface area contributed by atoms with Gasteiger partial charge in [-0.05, 0) is 25.3 Å². The summed E-state index contributed by atoms with van der Waals surface area (Å²) in [5.74, 6) is 0. The van der Waals surface area contributed by atoms with Crippen molar-refractivity contribution in [2.75, 3.05) is 13.6 Å². The molecule has 1 aromatic heterocycles. The average Bonchev–Trinajstić information content (AvgIpc) is 2.19. The van der Waals surface area contributed by atoms with Crippen LogP contribution in [0.15, 0.2) is 24.3 Å². The SMILES string of the molecule is CNCC=Cc1cccc(C#N)n1. The molecule has 0 radical (unpaired) electrons. The normalized spacial score (nSPS) is 10.2. The minimum atomic E-state index is 0.451. The van der Waals surface area contributed by atoms with Crippen molar-refractivity contribution >= 4 is 6.08 Å². The third kappa shape index (κ3) is 3.06. The molecule has 1 N–H and O–H groups in total. The molecule has 0 aliphatic heterocycles. The van der Waals surface area contributed by atoms with E-state index in [-0.39, 0.29) is 0 Å². The second-order valence-corrected chi connectivity index (χ2v) is 2.52. The molecule has 3 heteroatoms. The first kappa shape index (κ1) is 9.43. The number of aromatic nitrogens is 1. The van der Waals surface area contributed by atoms with Crippen molar-refractivity contribution in [3.05, 3.63) is 35.7 Å². The molecule has 0 bridgehead atoms. The highest BCUT2D eigenvalue weighted by Crippen LogP contribution is 1.99. The standard InChI is InChI=1S/C10H11N3/c1-12-7-3-6-9-4-2-5-10(8-11)13-9/h2-6,12H,7H2,1H3. The maximum Gasteiger partial charge on any atom is 0.141 e. The fraction of sp³-hybridized carbons (Fsp3) is 0.200. The second-order valence-electron chi connectivity index (χ2n) is 2.52. The molecule has 0 aromatic carbocycles. The van der Waals surface area contributed by atoms with Crippen molar-refractivity contribution < 1.29 is 0 Å². The zero-order valence-corrected chi connectivity index (χ0v) is 7.49. The Bertz CT molecular complexity index is 336. The van der Waals surface area contributed by atoms with E-state index in [4.69, 9.17) is 5.26 Å². The van der Waals surface area contributed by atoms with E-state index in [1.54, 1.807) is 6.07 Å². The summed E-state index contributed by atoms with van der Waals surface area (Å²) in [7, 11) is 1.88. The van der Waals surface area contributed by atoms with Gasteiger partial charge in [0.2, 0.25) is 0 Å². The summed E-state index contributed by atoms with van der Waals surface area (Å²) in [6.07, 6.45) is 3.85. The number of nitriles is 1. The number of likely N-dealkylation sites (N-methyl/N-ethyl adjacent to an activating group) is 1. The van der Waals surface area contributed by atoms with Crippen LogP contribution in [0.25, 0.3) is 6.08 Å². The summed E-state index contributed by atoms with van der Waals surface area (Å²) >= 11 is 0. The summed E-state index contributed by atoms with van der Waals surface area (Å²) in [4.78, 5) is 4.09. The molecular weight excluding hydrogens is 162 g/mol. The molecule has 0 unspecified atom stereocenters. The summed E-state index contributed by atoms with van der Waals surface area (Å²) in [6, 6.07) is 7.38. The molecule has 1 heterocycles. The molecule has 0 saturated carbocycles. The van der Waals surface area contributed by atoms with Gasteiger partial charge in [-0.15, -0.1) is 0 Å². The monoisotopic (exact) mass is 173 g/mol. The molecule has 3 nitrogen and oxygen atoms in total. The Labute approximate surface area is 77.7 Å². The molecule has 13 heavy (non-hydrogen) atoms. The van der Waals surface area contributed by atoms with Gasteiger partial charge in [-0.3, -0.25) is 0 Å². The fourth-order valence-electron chi connectivity index (χ4n) is 0.904. The quantitative estimate of drug-likeness (QED) is 0.746. The van der Waals surface area contributed by atoms with Crippen LogP contribution in [0, 0.1) is 11.3 Å². The minimum Gasteiger partial charge on any atom is -0.316 e. The van der Waals surface area contributed by atoms with E-state index in [0.717, 1.165) is 12.2 Å². The molecule has 0 amide bonds. The average molecular weight is 173 g/mol. The highest BCUT2D eigenvalue weighted by molar-refractivity contribution is 5.45. The van der Waals surface area contributed by atoms with E-state index < -0.39 is 0 Å². The lowest BCUT2D eigenvalue weighted by molar-refractivity contribution is 0.922. The summed E-state index contributed by atoms with van der Waals surface area (Å²) in [5.41, 5.74) is 1.26. The van der Waals surface area contributed by atoms with Gasteiger partial charge in [0, 0.05) is 6.54 Å². The van der Waals surface area contributed by atoms with Crippen LogP contribution in [0.3, 0.4) is 0 Å². The van der Waals surface area contributed by atoms with Crippen LogP contribution in [-0.4, -0.2) is 18.6 Å². The van der Waals surface area contributed by atoms with Crippen LogP contribution in [0.2, 0.25) is 0 Å². The Morgan fingerprint density at radius 1 is 1.62 bits per heavy atom. The van der Waals surface area contributed by atoms with Crippen LogP contribution in [0.5, 0.6) is 0 Å². The molecule has 1 aromatic rings. The molecular formula is C10H11N3. The summed E-state index contributed by atoms with van der Waals surface area (Å²) < 4.78 is 0. The number of hydrogen-bond acceptors (Lipinski definition) is 3. The maximum atomic E-state index is 8.58. The highest BCUT2D eigenvalue weighted by Gasteiger charge is 1.91. The van der Waals surface area contributed by atoms with Gasteiger partial charge < -0.3 is 5.32 Å². The van der Waals surface area contributed by atoms with Crippen molar-refractivity contribution in [1.82, 2.24) is 10.3 Å². The Kier molecular flexibility index (Phi) is 3.68. The van der Waals surface area contributed by atoms with Crippen molar-refractivity contribution in [2.24, 2.45) is 0 Å². The molecule has 0 saturated heterocycles. The van der Waals surface area contributed by atoms with Crippen molar-refractivity contribution in [3.8, 4) is 6.07 Å². The molecule has 66 valence electrons. The molecule has 0 aliphatic rings. The largest absolute Gasteiger partial charge is 0.316 e. The van der Waals surface area contributed by atoms with Gasteiger partial charge in [0.1, 0.15) is 11.8 Å². The minimum absolute atomic E-state index is 0.451. The molecule has 0 atom stereocenters. The Morgan fingerprint density at radius 3 is 3.15 bits per heavy atom. The lowest BCUT2D eigenvalue weighted by atomic mass is 10.3. The van der Waals surface area contributed by atoms with Crippen molar-refractivity contribution in [2.45, 2.75) is 0 Å². The van der Waals surface area contributed by atoms with Crippen molar-refractivity contribution in [1.29, 1.82) is 5.26 Å². The fourth-order valence-corrected chi connectivity index (χ4v) is 0.904. The lowest BCUT2D eigenvalue weighted by Gasteiger charge is -1.92. The molecule has 0 spiro atoms. The predicted octanol–water partition coefficient (Wildman–Crippen LogP) is 1.19. The topological polar surface area (TPSA) is 48.7 Å². The van der Waals surface area contributed by atoms with Gasteiger partial charge in [0.25, 0.3) is 0 Å². The number of pyridine rings is 1. The number of nitrogens with zero attached hydrogens (tertiary/aromatic N) is 2. The van der Waals surface area contributed by atoms with Crippen LogP contribution in [-0.2, 0) is 0 Å². The van der Waals surface area contributed by atoms with Gasteiger partial charge in [0.15, 0.2) is 0 Å². The van der Waals surface area contributed by atoms with Crippen LogP contribution in [0.4, 0.5) is 0 Å². The van der Waals surface area contributed by atoms with Gasteiger partial charge in [0.05, 0.1) is 5.69 Å². The highest BCUT2D eigenvalue weighted by atomic mass is 14.8. The van der Waals surface area contributed by atoms with Crippen LogP contribution >= 0.6 is 0 Å². The zero-order chi connectivity index (χ0) is 9.52. The van der Waals surface area contributed by atoms with Gasteiger partial charge in [-0.1, -0.05) is 12.1 Å². The molecule has 0 fully saturated rings. The van der Waals surface area contributed by atoms with E-state index in [0.29, 0.717) is 5.69 Å². The molecule has 0 aliphatic carbocycles. The number of rotatable bonds is 3. The van der Waals surface area contributed by atoms with Crippen LogP contribution in [0.1, 0.15) is 11.4 Å².